The maximum Gasteiger partial charge on any atom is 0.191 e. The lowest BCUT2D eigenvalue weighted by molar-refractivity contribution is 0.700. The second kappa shape index (κ2) is 11.5. The number of hydrogen-bond acceptors (Lipinski definition) is 3. The van der Waals surface area contributed by atoms with Gasteiger partial charge in [0, 0.05) is 31.9 Å². The van der Waals surface area contributed by atoms with Crippen LogP contribution in [0.2, 0.25) is 0 Å². The summed E-state index contributed by atoms with van der Waals surface area (Å²) in [4.78, 5) is 11.7. The van der Waals surface area contributed by atoms with Crippen molar-refractivity contribution in [2.45, 2.75) is 59.0 Å². The fourth-order valence-electron chi connectivity index (χ4n) is 2.76. The first-order valence-electron chi connectivity index (χ1n) is 8.93. The molecule has 0 amide bonds. The quantitative estimate of drug-likeness (QED) is 0.414. The van der Waals surface area contributed by atoms with Gasteiger partial charge in [-0.2, -0.15) is 0 Å². The molecule has 0 bridgehead atoms. The summed E-state index contributed by atoms with van der Waals surface area (Å²) in [5, 5.41) is 6.60. The Bertz CT molecular complexity index is 479. The minimum absolute atomic E-state index is 0. The predicted octanol–water partition coefficient (Wildman–Crippen LogP) is 3.54. The van der Waals surface area contributed by atoms with Gasteiger partial charge >= 0.3 is 0 Å². The van der Waals surface area contributed by atoms with E-state index in [4.69, 9.17) is 0 Å². The molecule has 2 N–H and O–H groups in total. The molecule has 24 heavy (non-hydrogen) atoms. The maximum absolute atomic E-state index is 4.64. The average Bonchev–Trinajstić information content (AvgIpc) is 2.82. The van der Waals surface area contributed by atoms with E-state index in [1.807, 2.05) is 6.20 Å². The first-order chi connectivity index (χ1) is 11.2. The SMILES string of the molecule is CCNC(=NCc1ccc(N2CCCCCC2)nc1)NC(C)C.I. The van der Waals surface area contributed by atoms with Crippen LogP contribution in [0.5, 0.6) is 0 Å². The third-order valence-electron chi connectivity index (χ3n) is 3.93. The van der Waals surface area contributed by atoms with Crippen molar-refractivity contribution in [2.75, 3.05) is 24.5 Å². The predicted molar refractivity (Wildman–Crippen MR) is 113 cm³/mol. The number of hydrogen-bond donors (Lipinski definition) is 2. The molecule has 0 atom stereocenters. The minimum Gasteiger partial charge on any atom is -0.357 e. The average molecular weight is 445 g/mol. The number of guanidine groups is 1. The van der Waals surface area contributed by atoms with Crippen LogP contribution < -0.4 is 15.5 Å². The second-order valence-corrected chi connectivity index (χ2v) is 6.42. The Morgan fingerprint density at radius 1 is 1.21 bits per heavy atom. The molecule has 1 saturated heterocycles. The van der Waals surface area contributed by atoms with E-state index in [2.05, 4.69) is 58.4 Å². The summed E-state index contributed by atoms with van der Waals surface area (Å²) < 4.78 is 0. The Morgan fingerprint density at radius 3 is 2.46 bits per heavy atom. The molecule has 1 aromatic rings. The fraction of sp³-hybridized carbons (Fsp3) is 0.667. The standard InChI is InChI=1S/C18H31N5.HI/c1-4-19-18(22-15(2)3)21-14-16-9-10-17(20-13-16)23-11-7-5-6-8-12-23;/h9-10,13,15H,4-8,11-12,14H2,1-3H3,(H2,19,21,22);1H. The summed E-state index contributed by atoms with van der Waals surface area (Å²) >= 11 is 0. The van der Waals surface area contributed by atoms with Gasteiger partial charge in [-0.1, -0.05) is 18.9 Å². The summed E-state index contributed by atoms with van der Waals surface area (Å²) in [5.74, 6) is 1.96. The van der Waals surface area contributed by atoms with Crippen molar-refractivity contribution in [3.63, 3.8) is 0 Å². The van der Waals surface area contributed by atoms with Crippen LogP contribution in [-0.4, -0.2) is 36.6 Å². The molecule has 6 heteroatoms. The molecule has 0 aliphatic carbocycles. The Hall–Kier alpha value is -1.05. The zero-order valence-electron chi connectivity index (χ0n) is 15.2. The van der Waals surface area contributed by atoms with Gasteiger partial charge in [0.1, 0.15) is 5.82 Å². The molecule has 1 aliphatic rings. The first-order valence-corrected chi connectivity index (χ1v) is 8.93. The van der Waals surface area contributed by atoms with Gasteiger partial charge in [0.2, 0.25) is 0 Å². The van der Waals surface area contributed by atoms with Crippen LogP contribution in [0.4, 0.5) is 5.82 Å². The highest BCUT2D eigenvalue weighted by molar-refractivity contribution is 14.0. The fourth-order valence-corrected chi connectivity index (χ4v) is 2.76. The number of anilines is 1. The van der Waals surface area contributed by atoms with Gasteiger partial charge in [-0.3, -0.25) is 0 Å². The van der Waals surface area contributed by atoms with E-state index in [0.29, 0.717) is 12.6 Å². The van der Waals surface area contributed by atoms with Gasteiger partial charge in [0.05, 0.1) is 6.54 Å². The molecule has 1 aliphatic heterocycles. The van der Waals surface area contributed by atoms with E-state index >= 15 is 0 Å². The molecule has 1 fully saturated rings. The maximum atomic E-state index is 4.64. The zero-order chi connectivity index (χ0) is 16.5. The Labute approximate surface area is 163 Å². The van der Waals surface area contributed by atoms with E-state index in [1.165, 1.54) is 25.7 Å². The first kappa shape index (κ1) is 21.0. The molecule has 0 radical (unpaired) electrons. The van der Waals surface area contributed by atoms with Crippen LogP contribution in [-0.2, 0) is 6.54 Å². The molecule has 1 aromatic heterocycles. The zero-order valence-corrected chi connectivity index (χ0v) is 17.5. The lowest BCUT2D eigenvalue weighted by Gasteiger charge is -2.21. The molecular formula is C18H32IN5. The number of aliphatic imine (C=N–C) groups is 1. The largest absolute Gasteiger partial charge is 0.357 e. The lowest BCUT2D eigenvalue weighted by atomic mass is 10.2. The van der Waals surface area contributed by atoms with Crippen molar-refractivity contribution < 1.29 is 0 Å². The number of rotatable bonds is 5. The van der Waals surface area contributed by atoms with Crippen molar-refractivity contribution in [1.29, 1.82) is 0 Å². The van der Waals surface area contributed by atoms with Crippen molar-refractivity contribution in [3.05, 3.63) is 23.9 Å². The van der Waals surface area contributed by atoms with E-state index in [0.717, 1.165) is 37.0 Å². The summed E-state index contributed by atoms with van der Waals surface area (Å²) in [6.45, 7) is 10.1. The number of halogens is 1. The van der Waals surface area contributed by atoms with E-state index in [1.54, 1.807) is 0 Å². The molecular weight excluding hydrogens is 413 g/mol. The van der Waals surface area contributed by atoms with Gasteiger partial charge in [-0.05, 0) is 45.2 Å². The number of nitrogens with zero attached hydrogens (tertiary/aromatic N) is 3. The summed E-state index contributed by atoms with van der Waals surface area (Å²) in [7, 11) is 0. The summed E-state index contributed by atoms with van der Waals surface area (Å²) in [5.41, 5.74) is 1.14. The monoisotopic (exact) mass is 445 g/mol. The molecule has 0 saturated carbocycles. The topological polar surface area (TPSA) is 52.6 Å². The number of nitrogens with one attached hydrogen (secondary N) is 2. The van der Waals surface area contributed by atoms with Gasteiger partial charge in [0.15, 0.2) is 5.96 Å². The second-order valence-electron chi connectivity index (χ2n) is 6.42. The van der Waals surface area contributed by atoms with Crippen molar-refractivity contribution in [2.24, 2.45) is 4.99 Å². The highest BCUT2D eigenvalue weighted by Crippen LogP contribution is 2.17. The third kappa shape index (κ3) is 7.23. The van der Waals surface area contributed by atoms with Gasteiger partial charge in [0.25, 0.3) is 0 Å². The van der Waals surface area contributed by atoms with Crippen LogP contribution in [0.15, 0.2) is 23.3 Å². The lowest BCUT2D eigenvalue weighted by Crippen LogP contribution is -2.41. The molecule has 2 rings (SSSR count). The normalized spacial score (nSPS) is 15.7. The molecule has 0 aromatic carbocycles. The molecule has 0 spiro atoms. The molecule has 5 nitrogen and oxygen atoms in total. The van der Waals surface area contributed by atoms with Crippen LogP contribution >= 0.6 is 24.0 Å². The van der Waals surface area contributed by atoms with Crippen LogP contribution in [0.1, 0.15) is 52.0 Å². The Kier molecular flexibility index (Phi) is 10.1. The van der Waals surface area contributed by atoms with Crippen LogP contribution in [0, 0.1) is 0 Å². The smallest absolute Gasteiger partial charge is 0.191 e. The van der Waals surface area contributed by atoms with Crippen LogP contribution in [0.25, 0.3) is 0 Å². The van der Waals surface area contributed by atoms with Crippen molar-refractivity contribution >= 4 is 35.8 Å². The van der Waals surface area contributed by atoms with E-state index in [-0.39, 0.29) is 24.0 Å². The van der Waals surface area contributed by atoms with Crippen molar-refractivity contribution in [3.8, 4) is 0 Å². The van der Waals surface area contributed by atoms with E-state index < -0.39 is 0 Å². The minimum atomic E-state index is 0. The summed E-state index contributed by atoms with van der Waals surface area (Å²) in [6, 6.07) is 4.66. The molecule has 136 valence electrons. The van der Waals surface area contributed by atoms with Gasteiger partial charge in [-0.15, -0.1) is 24.0 Å². The molecule has 0 unspecified atom stereocenters. The third-order valence-corrected chi connectivity index (χ3v) is 3.93. The number of aromatic nitrogens is 1. The van der Waals surface area contributed by atoms with Crippen molar-refractivity contribution in [1.82, 2.24) is 15.6 Å². The van der Waals surface area contributed by atoms with E-state index in [9.17, 15) is 0 Å². The highest BCUT2D eigenvalue weighted by Gasteiger charge is 2.10. The molecule has 2 heterocycles. The van der Waals surface area contributed by atoms with Crippen LogP contribution in [0.3, 0.4) is 0 Å². The highest BCUT2D eigenvalue weighted by atomic mass is 127. The summed E-state index contributed by atoms with van der Waals surface area (Å²) in [6.07, 6.45) is 7.21. The Morgan fingerprint density at radius 2 is 1.92 bits per heavy atom. The van der Waals surface area contributed by atoms with Gasteiger partial charge in [-0.25, -0.2) is 9.98 Å². The number of pyridine rings is 1. The Balaban J connectivity index is 0.00000288. The van der Waals surface area contributed by atoms with Gasteiger partial charge < -0.3 is 15.5 Å².